The quantitative estimate of drug-likeness (QED) is 0.900. The summed E-state index contributed by atoms with van der Waals surface area (Å²) in [5, 5.41) is 3.15. The number of fused-ring (bicyclic) bond motifs is 1. The lowest BCUT2D eigenvalue weighted by Gasteiger charge is -2.37. The number of benzene rings is 2. The SMILES string of the molecule is CC1(C)C[C@H](NC(=O)c2ccc(N3CCCC3=O)cc2)c2ccccc2O1. The number of hydrogen-bond acceptors (Lipinski definition) is 3. The smallest absolute Gasteiger partial charge is 0.251 e. The Morgan fingerprint density at radius 1 is 1.15 bits per heavy atom. The molecule has 0 saturated carbocycles. The second-order valence-electron chi connectivity index (χ2n) is 7.83. The minimum Gasteiger partial charge on any atom is -0.487 e. The lowest BCUT2D eigenvalue weighted by atomic mass is 9.89. The maximum Gasteiger partial charge on any atom is 0.251 e. The number of para-hydroxylation sites is 1. The summed E-state index contributed by atoms with van der Waals surface area (Å²) in [6.07, 6.45) is 2.19. The van der Waals surface area contributed by atoms with Crippen molar-refractivity contribution < 1.29 is 14.3 Å². The summed E-state index contributed by atoms with van der Waals surface area (Å²) in [6.45, 7) is 4.81. The monoisotopic (exact) mass is 364 g/mol. The lowest BCUT2D eigenvalue weighted by Crippen LogP contribution is -2.41. The largest absolute Gasteiger partial charge is 0.487 e. The number of anilines is 1. The minimum atomic E-state index is -0.341. The average Bonchev–Trinajstić information content (AvgIpc) is 3.07. The summed E-state index contributed by atoms with van der Waals surface area (Å²) in [4.78, 5) is 26.4. The van der Waals surface area contributed by atoms with E-state index in [0.717, 1.165) is 30.0 Å². The highest BCUT2D eigenvalue weighted by Gasteiger charge is 2.34. The molecule has 1 atom stereocenters. The van der Waals surface area contributed by atoms with Crippen LogP contribution in [0.1, 0.15) is 55.1 Å². The van der Waals surface area contributed by atoms with Crippen LogP contribution < -0.4 is 15.0 Å². The number of amides is 2. The third-order valence-corrected chi connectivity index (χ3v) is 5.20. The van der Waals surface area contributed by atoms with Crippen molar-refractivity contribution in [3.63, 3.8) is 0 Å². The van der Waals surface area contributed by atoms with Crippen molar-refractivity contribution in [1.82, 2.24) is 5.32 Å². The zero-order valence-corrected chi connectivity index (χ0v) is 15.7. The van der Waals surface area contributed by atoms with Gasteiger partial charge in [0.1, 0.15) is 11.4 Å². The molecule has 2 aliphatic heterocycles. The first-order valence-corrected chi connectivity index (χ1v) is 9.42. The van der Waals surface area contributed by atoms with E-state index in [4.69, 9.17) is 4.74 Å². The molecule has 0 radical (unpaired) electrons. The van der Waals surface area contributed by atoms with Crippen LogP contribution in [-0.4, -0.2) is 24.0 Å². The van der Waals surface area contributed by atoms with Gasteiger partial charge in [-0.25, -0.2) is 0 Å². The minimum absolute atomic E-state index is 0.0997. The summed E-state index contributed by atoms with van der Waals surface area (Å²) in [6, 6.07) is 15.0. The third kappa shape index (κ3) is 3.54. The van der Waals surface area contributed by atoms with E-state index in [0.29, 0.717) is 18.4 Å². The second kappa shape index (κ2) is 6.72. The summed E-state index contributed by atoms with van der Waals surface area (Å²) in [5.41, 5.74) is 2.11. The lowest BCUT2D eigenvalue weighted by molar-refractivity contribution is -0.117. The summed E-state index contributed by atoms with van der Waals surface area (Å²) in [5.74, 6) is 0.849. The molecule has 2 aromatic rings. The number of carbonyl (C=O) groups is 2. The Labute approximate surface area is 159 Å². The molecule has 27 heavy (non-hydrogen) atoms. The predicted molar refractivity (Wildman–Crippen MR) is 104 cm³/mol. The van der Waals surface area contributed by atoms with Gasteiger partial charge in [-0.3, -0.25) is 9.59 Å². The van der Waals surface area contributed by atoms with Crippen LogP contribution >= 0.6 is 0 Å². The van der Waals surface area contributed by atoms with E-state index in [2.05, 4.69) is 5.32 Å². The van der Waals surface area contributed by atoms with Gasteiger partial charge < -0.3 is 15.0 Å². The molecule has 5 heteroatoms. The third-order valence-electron chi connectivity index (χ3n) is 5.20. The van der Waals surface area contributed by atoms with E-state index < -0.39 is 0 Å². The Morgan fingerprint density at radius 2 is 1.89 bits per heavy atom. The van der Waals surface area contributed by atoms with Gasteiger partial charge in [0.15, 0.2) is 0 Å². The molecule has 2 heterocycles. The normalized spacial score (nSPS) is 20.7. The molecule has 2 aliphatic rings. The van der Waals surface area contributed by atoms with Crippen molar-refractivity contribution in [1.29, 1.82) is 0 Å². The summed E-state index contributed by atoms with van der Waals surface area (Å²) < 4.78 is 6.03. The van der Waals surface area contributed by atoms with Gasteiger partial charge in [-0.2, -0.15) is 0 Å². The highest BCUT2D eigenvalue weighted by molar-refractivity contribution is 5.97. The van der Waals surface area contributed by atoms with Crippen LogP contribution in [0.4, 0.5) is 5.69 Å². The van der Waals surface area contributed by atoms with E-state index in [1.54, 1.807) is 17.0 Å². The van der Waals surface area contributed by atoms with E-state index in [1.165, 1.54) is 0 Å². The topological polar surface area (TPSA) is 58.6 Å². The van der Waals surface area contributed by atoms with Gasteiger partial charge in [0.05, 0.1) is 6.04 Å². The molecule has 0 bridgehead atoms. The number of nitrogens with zero attached hydrogens (tertiary/aromatic N) is 1. The molecule has 140 valence electrons. The number of carbonyl (C=O) groups excluding carboxylic acids is 2. The Kier molecular flexibility index (Phi) is 4.38. The number of hydrogen-bond donors (Lipinski definition) is 1. The Balaban J connectivity index is 1.51. The van der Waals surface area contributed by atoms with E-state index in [1.807, 2.05) is 50.2 Å². The molecule has 1 N–H and O–H groups in total. The van der Waals surface area contributed by atoms with Crippen LogP contribution in [0.3, 0.4) is 0 Å². The van der Waals surface area contributed by atoms with Gasteiger partial charge in [-0.15, -0.1) is 0 Å². The summed E-state index contributed by atoms with van der Waals surface area (Å²) >= 11 is 0. The standard InChI is InChI=1S/C22H24N2O3/c1-22(2)14-18(17-6-3-4-7-19(17)27-22)23-21(26)15-9-11-16(12-10-15)24-13-5-8-20(24)25/h3-4,6-7,9-12,18H,5,8,13-14H2,1-2H3,(H,23,26)/t18-/m0/s1. The van der Waals surface area contributed by atoms with Crippen LogP contribution in [-0.2, 0) is 4.79 Å². The van der Waals surface area contributed by atoms with Gasteiger partial charge in [0.25, 0.3) is 5.91 Å². The van der Waals surface area contributed by atoms with Crippen LogP contribution in [0.25, 0.3) is 0 Å². The maximum absolute atomic E-state index is 12.8. The fourth-order valence-corrected chi connectivity index (χ4v) is 3.89. The predicted octanol–water partition coefficient (Wildman–Crippen LogP) is 3.85. The van der Waals surface area contributed by atoms with E-state index >= 15 is 0 Å². The fraction of sp³-hybridized carbons (Fsp3) is 0.364. The van der Waals surface area contributed by atoms with E-state index in [9.17, 15) is 9.59 Å². The highest BCUT2D eigenvalue weighted by Crippen LogP contribution is 2.39. The van der Waals surface area contributed by atoms with Crippen LogP contribution in [0.2, 0.25) is 0 Å². The molecule has 4 rings (SSSR count). The molecule has 1 fully saturated rings. The Hall–Kier alpha value is -2.82. The number of nitrogens with one attached hydrogen (secondary N) is 1. The van der Waals surface area contributed by atoms with Crippen molar-refractivity contribution in [2.45, 2.75) is 44.8 Å². The fourth-order valence-electron chi connectivity index (χ4n) is 3.89. The van der Waals surface area contributed by atoms with Gasteiger partial charge in [-0.1, -0.05) is 18.2 Å². The van der Waals surface area contributed by atoms with Gasteiger partial charge in [-0.05, 0) is 50.6 Å². The van der Waals surface area contributed by atoms with Crippen molar-refractivity contribution in [2.75, 3.05) is 11.4 Å². The van der Waals surface area contributed by atoms with Crippen LogP contribution in [0.15, 0.2) is 48.5 Å². The van der Waals surface area contributed by atoms with Crippen molar-refractivity contribution in [3.05, 3.63) is 59.7 Å². The van der Waals surface area contributed by atoms with E-state index in [-0.39, 0.29) is 23.5 Å². The maximum atomic E-state index is 12.8. The van der Waals surface area contributed by atoms with Gasteiger partial charge in [0.2, 0.25) is 5.91 Å². The average molecular weight is 364 g/mol. The zero-order valence-electron chi connectivity index (χ0n) is 15.7. The molecule has 5 nitrogen and oxygen atoms in total. The molecule has 2 aromatic carbocycles. The molecule has 1 saturated heterocycles. The number of rotatable bonds is 3. The number of ether oxygens (including phenoxy) is 1. The van der Waals surface area contributed by atoms with Crippen molar-refractivity contribution in [3.8, 4) is 5.75 Å². The van der Waals surface area contributed by atoms with Crippen molar-refractivity contribution >= 4 is 17.5 Å². The molecule has 0 aromatic heterocycles. The molecule has 0 spiro atoms. The van der Waals surface area contributed by atoms with Crippen LogP contribution in [0.5, 0.6) is 5.75 Å². The summed E-state index contributed by atoms with van der Waals surface area (Å²) in [7, 11) is 0. The molecule has 0 unspecified atom stereocenters. The first-order valence-electron chi connectivity index (χ1n) is 9.42. The van der Waals surface area contributed by atoms with Crippen LogP contribution in [0, 0.1) is 0 Å². The molecule has 0 aliphatic carbocycles. The van der Waals surface area contributed by atoms with Crippen molar-refractivity contribution in [2.24, 2.45) is 0 Å². The first kappa shape index (κ1) is 17.6. The molecule has 2 amide bonds. The highest BCUT2D eigenvalue weighted by atomic mass is 16.5. The van der Waals surface area contributed by atoms with Gasteiger partial charge in [0, 0.05) is 36.2 Å². The molecular formula is C22H24N2O3. The zero-order chi connectivity index (χ0) is 19.0. The Morgan fingerprint density at radius 3 is 2.59 bits per heavy atom. The second-order valence-corrected chi connectivity index (χ2v) is 7.83. The van der Waals surface area contributed by atoms with Gasteiger partial charge >= 0.3 is 0 Å². The Bertz CT molecular complexity index is 873. The molecular weight excluding hydrogens is 340 g/mol. The first-order chi connectivity index (χ1) is 12.9.